The van der Waals surface area contributed by atoms with Gasteiger partial charge in [-0.15, -0.1) is 0 Å². The van der Waals surface area contributed by atoms with E-state index in [9.17, 15) is 18.0 Å². The number of hydrogen-bond acceptors (Lipinski definition) is 7. The molecule has 1 aliphatic carbocycles. The van der Waals surface area contributed by atoms with Crippen molar-refractivity contribution in [1.82, 2.24) is 9.29 Å². The highest BCUT2D eigenvalue weighted by molar-refractivity contribution is 7.89. The third-order valence-corrected chi connectivity index (χ3v) is 7.74. The molecule has 30 heavy (non-hydrogen) atoms. The minimum absolute atomic E-state index is 0.0664. The molecule has 3 aromatic rings. The molecule has 1 amide bonds. The fourth-order valence-electron chi connectivity index (χ4n) is 2.97. The maximum Gasteiger partial charge on any atom is 0.337 e. The van der Waals surface area contributed by atoms with E-state index in [1.54, 1.807) is 25.2 Å². The number of esters is 1. The quantitative estimate of drug-likeness (QED) is 0.585. The number of ether oxygens (including phenoxy) is 1. The Morgan fingerprint density at radius 2 is 1.80 bits per heavy atom. The van der Waals surface area contributed by atoms with Crippen LogP contribution in [0, 0.1) is 0 Å². The lowest BCUT2D eigenvalue weighted by atomic mass is 10.2. The average molecular weight is 446 g/mol. The Bertz CT molecular complexity index is 1230. The summed E-state index contributed by atoms with van der Waals surface area (Å²) in [5.74, 6) is -0.847. The number of rotatable bonds is 6. The molecule has 1 fully saturated rings. The van der Waals surface area contributed by atoms with Crippen molar-refractivity contribution in [2.75, 3.05) is 19.5 Å². The Morgan fingerprint density at radius 1 is 1.13 bits per heavy atom. The molecule has 8 nitrogen and oxygen atoms in total. The molecule has 2 aromatic carbocycles. The summed E-state index contributed by atoms with van der Waals surface area (Å²) in [6.45, 7) is 0. The molecule has 1 aromatic heterocycles. The maximum absolute atomic E-state index is 12.6. The van der Waals surface area contributed by atoms with Crippen molar-refractivity contribution in [2.45, 2.75) is 23.8 Å². The molecule has 0 unspecified atom stereocenters. The van der Waals surface area contributed by atoms with Gasteiger partial charge in [-0.25, -0.2) is 18.2 Å². The number of hydrogen-bond donors (Lipinski definition) is 1. The minimum atomic E-state index is -3.55. The summed E-state index contributed by atoms with van der Waals surface area (Å²) in [7, 11) is -0.668. The number of amides is 1. The van der Waals surface area contributed by atoms with Gasteiger partial charge in [-0.05, 0) is 55.3 Å². The number of anilines is 1. The molecule has 10 heteroatoms. The van der Waals surface area contributed by atoms with Crippen molar-refractivity contribution >= 4 is 48.6 Å². The second-order valence-corrected chi connectivity index (χ2v) is 9.95. The summed E-state index contributed by atoms with van der Waals surface area (Å²) in [4.78, 5) is 28.7. The number of sulfonamides is 1. The van der Waals surface area contributed by atoms with Crippen molar-refractivity contribution in [2.24, 2.45) is 0 Å². The third-order valence-electron chi connectivity index (χ3n) is 4.88. The Balaban J connectivity index is 1.50. The van der Waals surface area contributed by atoms with Crippen LogP contribution >= 0.6 is 11.3 Å². The zero-order valence-electron chi connectivity index (χ0n) is 16.3. The summed E-state index contributed by atoms with van der Waals surface area (Å²) in [5.41, 5.74) is 1.37. The van der Waals surface area contributed by atoms with Crippen LogP contribution in [-0.4, -0.2) is 49.8 Å². The van der Waals surface area contributed by atoms with Gasteiger partial charge in [0, 0.05) is 18.7 Å². The second-order valence-electron chi connectivity index (χ2n) is 6.92. The summed E-state index contributed by atoms with van der Waals surface area (Å²) in [6, 6.07) is 10.8. The minimum Gasteiger partial charge on any atom is -0.465 e. The first-order chi connectivity index (χ1) is 14.3. The molecule has 156 valence electrons. The van der Waals surface area contributed by atoms with Crippen molar-refractivity contribution in [3.8, 4) is 0 Å². The summed E-state index contributed by atoms with van der Waals surface area (Å²) in [5, 5.41) is 3.09. The molecule has 4 rings (SSSR count). The number of carbonyl (C=O) groups is 2. The number of fused-ring (bicyclic) bond motifs is 1. The van der Waals surface area contributed by atoms with Crippen LogP contribution < -0.4 is 5.32 Å². The van der Waals surface area contributed by atoms with E-state index in [0.717, 1.165) is 17.5 Å². The van der Waals surface area contributed by atoms with Crippen LogP contribution in [-0.2, 0) is 14.8 Å². The van der Waals surface area contributed by atoms with Gasteiger partial charge in [0.05, 0.1) is 27.8 Å². The molecule has 1 aliphatic rings. The van der Waals surface area contributed by atoms with Crippen LogP contribution in [0.2, 0.25) is 0 Å². The summed E-state index contributed by atoms with van der Waals surface area (Å²) < 4.78 is 32.0. The van der Waals surface area contributed by atoms with Crippen LogP contribution in [0.25, 0.3) is 10.2 Å². The SMILES string of the molecule is COC(=O)c1ccc2nc(NC(=O)c3ccc(S(=O)(=O)N(C)C4CC4)cc3)sc2c1. The monoisotopic (exact) mass is 445 g/mol. The first-order valence-electron chi connectivity index (χ1n) is 9.18. The van der Waals surface area contributed by atoms with Crippen LogP contribution in [0.1, 0.15) is 33.6 Å². The summed E-state index contributed by atoms with van der Waals surface area (Å²) >= 11 is 1.23. The predicted molar refractivity (Wildman–Crippen MR) is 113 cm³/mol. The van der Waals surface area contributed by atoms with Gasteiger partial charge in [0.25, 0.3) is 5.91 Å². The fourth-order valence-corrected chi connectivity index (χ4v) is 5.29. The predicted octanol–water partition coefficient (Wildman–Crippen LogP) is 3.12. The van der Waals surface area contributed by atoms with Gasteiger partial charge in [0.1, 0.15) is 0 Å². The number of thiazole rings is 1. The highest BCUT2D eigenvalue weighted by Crippen LogP contribution is 2.31. The Labute approximate surface area is 177 Å². The Morgan fingerprint density at radius 3 is 2.43 bits per heavy atom. The zero-order valence-corrected chi connectivity index (χ0v) is 17.9. The van der Waals surface area contributed by atoms with Gasteiger partial charge in [-0.1, -0.05) is 11.3 Å². The van der Waals surface area contributed by atoms with E-state index >= 15 is 0 Å². The summed E-state index contributed by atoms with van der Waals surface area (Å²) in [6.07, 6.45) is 1.75. The van der Waals surface area contributed by atoms with Crippen LogP contribution in [0.3, 0.4) is 0 Å². The van der Waals surface area contributed by atoms with Gasteiger partial charge in [0.2, 0.25) is 10.0 Å². The largest absolute Gasteiger partial charge is 0.465 e. The molecular weight excluding hydrogens is 426 g/mol. The standard InChI is InChI=1S/C20H19N3O5S2/c1-23(14-6-7-14)30(26,27)15-8-3-12(4-9-15)18(24)22-20-21-16-10-5-13(19(25)28-2)11-17(16)29-20/h3-5,8-11,14H,6-7H2,1-2H3,(H,21,22,24). The highest BCUT2D eigenvalue weighted by atomic mass is 32.2. The van der Waals surface area contributed by atoms with E-state index in [2.05, 4.69) is 10.3 Å². The lowest BCUT2D eigenvalue weighted by molar-refractivity contribution is 0.0600. The lowest BCUT2D eigenvalue weighted by Gasteiger charge is -2.16. The molecule has 0 atom stereocenters. The van der Waals surface area contributed by atoms with Crippen molar-refractivity contribution < 1.29 is 22.7 Å². The molecule has 0 bridgehead atoms. The second kappa shape index (κ2) is 7.78. The van der Waals surface area contributed by atoms with Crippen LogP contribution in [0.15, 0.2) is 47.4 Å². The van der Waals surface area contributed by atoms with E-state index in [4.69, 9.17) is 4.74 Å². The van der Waals surface area contributed by atoms with Crippen molar-refractivity contribution in [1.29, 1.82) is 0 Å². The van der Waals surface area contributed by atoms with Gasteiger partial charge in [-0.3, -0.25) is 10.1 Å². The van der Waals surface area contributed by atoms with Gasteiger partial charge in [-0.2, -0.15) is 4.31 Å². The number of nitrogens with one attached hydrogen (secondary N) is 1. The van der Waals surface area contributed by atoms with Crippen LogP contribution in [0.5, 0.6) is 0 Å². The van der Waals surface area contributed by atoms with Crippen molar-refractivity contribution in [3.63, 3.8) is 0 Å². The van der Waals surface area contributed by atoms with E-state index in [1.165, 1.54) is 47.0 Å². The highest BCUT2D eigenvalue weighted by Gasteiger charge is 2.35. The number of methoxy groups -OCH3 is 1. The Hall–Kier alpha value is -2.82. The van der Waals surface area contributed by atoms with E-state index in [1.807, 2.05) is 0 Å². The first kappa shape index (κ1) is 20.5. The van der Waals surface area contributed by atoms with Gasteiger partial charge < -0.3 is 4.74 Å². The number of aromatic nitrogens is 1. The molecule has 1 N–H and O–H groups in total. The maximum atomic E-state index is 12.6. The normalized spacial score (nSPS) is 14.1. The third kappa shape index (κ3) is 3.93. The molecule has 0 saturated heterocycles. The zero-order chi connectivity index (χ0) is 21.5. The Kier molecular flexibility index (Phi) is 5.31. The topological polar surface area (TPSA) is 106 Å². The van der Waals surface area contributed by atoms with Gasteiger partial charge in [0.15, 0.2) is 5.13 Å². The molecule has 1 saturated carbocycles. The molecular formula is C20H19N3O5S2. The molecule has 0 spiro atoms. The number of nitrogens with zero attached hydrogens (tertiary/aromatic N) is 2. The number of benzene rings is 2. The first-order valence-corrected chi connectivity index (χ1v) is 11.4. The fraction of sp³-hybridized carbons (Fsp3) is 0.250. The van der Waals surface area contributed by atoms with Crippen LogP contribution in [0.4, 0.5) is 5.13 Å². The van der Waals surface area contributed by atoms with E-state index in [0.29, 0.717) is 21.8 Å². The molecule has 0 aliphatic heterocycles. The smallest absolute Gasteiger partial charge is 0.337 e. The van der Waals surface area contributed by atoms with E-state index < -0.39 is 21.9 Å². The average Bonchev–Trinajstić information content (AvgIpc) is 3.52. The van der Waals surface area contributed by atoms with Gasteiger partial charge >= 0.3 is 5.97 Å². The number of carbonyl (C=O) groups excluding carboxylic acids is 2. The lowest BCUT2D eigenvalue weighted by Crippen LogP contribution is -2.29. The molecule has 0 radical (unpaired) electrons. The van der Waals surface area contributed by atoms with Crippen molar-refractivity contribution in [3.05, 3.63) is 53.6 Å². The molecule has 1 heterocycles. The van der Waals surface area contributed by atoms with E-state index in [-0.39, 0.29) is 10.9 Å².